The van der Waals surface area contributed by atoms with Crippen molar-refractivity contribution in [3.05, 3.63) is 75.3 Å². The summed E-state index contributed by atoms with van der Waals surface area (Å²) in [6.07, 6.45) is 0. The SMILES string of the molecule is O=C(Cn1[nH]c(=O)c2ccccc2c1=O)NCCSc1ccccc1. The Morgan fingerprint density at radius 3 is 2.44 bits per heavy atom. The summed E-state index contributed by atoms with van der Waals surface area (Å²) < 4.78 is 1.05. The number of carbonyl (C=O) groups excluding carboxylic acids is 1. The lowest BCUT2D eigenvalue weighted by atomic mass is 10.2. The zero-order valence-electron chi connectivity index (χ0n) is 13.4. The maximum absolute atomic E-state index is 12.3. The van der Waals surface area contributed by atoms with Gasteiger partial charge in [-0.15, -0.1) is 11.8 Å². The molecule has 6 nitrogen and oxygen atoms in total. The Bertz CT molecular complexity index is 996. The van der Waals surface area contributed by atoms with Crippen LogP contribution in [0, 0.1) is 0 Å². The first-order valence-corrected chi connectivity index (χ1v) is 8.80. The minimum Gasteiger partial charge on any atom is -0.354 e. The highest BCUT2D eigenvalue weighted by molar-refractivity contribution is 7.99. The molecule has 0 atom stereocenters. The number of aromatic amines is 1. The summed E-state index contributed by atoms with van der Waals surface area (Å²) >= 11 is 1.64. The molecule has 2 N–H and O–H groups in total. The number of carbonyl (C=O) groups is 1. The van der Waals surface area contributed by atoms with Gasteiger partial charge in [-0.1, -0.05) is 30.3 Å². The third kappa shape index (κ3) is 4.19. The molecule has 1 amide bonds. The van der Waals surface area contributed by atoms with Gasteiger partial charge in [-0.3, -0.25) is 19.5 Å². The maximum Gasteiger partial charge on any atom is 0.273 e. The van der Waals surface area contributed by atoms with Gasteiger partial charge in [0.1, 0.15) is 6.54 Å². The molecule has 1 heterocycles. The molecule has 0 unspecified atom stereocenters. The van der Waals surface area contributed by atoms with E-state index in [1.54, 1.807) is 36.0 Å². The molecular weight excluding hydrogens is 338 g/mol. The van der Waals surface area contributed by atoms with Crippen molar-refractivity contribution in [2.45, 2.75) is 11.4 Å². The summed E-state index contributed by atoms with van der Waals surface area (Å²) in [5, 5.41) is 5.83. The lowest BCUT2D eigenvalue weighted by Gasteiger charge is -2.08. The molecule has 25 heavy (non-hydrogen) atoms. The molecule has 0 bridgehead atoms. The number of amides is 1. The van der Waals surface area contributed by atoms with Crippen LogP contribution in [0.5, 0.6) is 0 Å². The Balaban J connectivity index is 1.60. The lowest BCUT2D eigenvalue weighted by Crippen LogP contribution is -2.37. The minimum absolute atomic E-state index is 0.213. The van der Waals surface area contributed by atoms with Gasteiger partial charge in [-0.25, -0.2) is 4.68 Å². The van der Waals surface area contributed by atoms with Gasteiger partial charge in [-0.05, 0) is 24.3 Å². The van der Waals surface area contributed by atoms with E-state index in [1.165, 1.54) is 0 Å². The average Bonchev–Trinajstić information content (AvgIpc) is 2.64. The van der Waals surface area contributed by atoms with Crippen LogP contribution >= 0.6 is 11.8 Å². The molecule has 0 saturated heterocycles. The zero-order chi connectivity index (χ0) is 17.6. The molecule has 1 aromatic heterocycles. The topological polar surface area (TPSA) is 84.0 Å². The molecule has 0 aliphatic carbocycles. The molecule has 7 heteroatoms. The van der Waals surface area contributed by atoms with E-state index in [-0.39, 0.29) is 23.6 Å². The Kier molecular flexibility index (Phi) is 5.35. The number of rotatable bonds is 6. The van der Waals surface area contributed by atoms with Crippen molar-refractivity contribution in [3.63, 3.8) is 0 Å². The standard InChI is InChI=1S/C18H17N3O3S/c22-16(19-10-11-25-13-6-2-1-3-7-13)12-21-18(24)15-9-5-4-8-14(15)17(23)20-21/h1-9H,10-12H2,(H,19,22)(H,20,23). The highest BCUT2D eigenvalue weighted by atomic mass is 32.2. The Morgan fingerprint density at radius 2 is 1.68 bits per heavy atom. The summed E-state index contributed by atoms with van der Waals surface area (Å²) in [6, 6.07) is 16.4. The van der Waals surface area contributed by atoms with Crippen molar-refractivity contribution in [2.75, 3.05) is 12.3 Å². The average molecular weight is 355 g/mol. The highest BCUT2D eigenvalue weighted by Gasteiger charge is 2.09. The van der Waals surface area contributed by atoms with E-state index in [2.05, 4.69) is 10.4 Å². The third-order valence-corrected chi connectivity index (χ3v) is 4.64. The molecule has 0 saturated carbocycles. The molecule has 0 aliphatic rings. The van der Waals surface area contributed by atoms with Crippen LogP contribution in [0.15, 0.2) is 69.1 Å². The van der Waals surface area contributed by atoms with E-state index in [4.69, 9.17) is 0 Å². The van der Waals surface area contributed by atoms with Crippen LogP contribution in [-0.4, -0.2) is 28.0 Å². The van der Waals surface area contributed by atoms with Crippen LogP contribution in [0.1, 0.15) is 0 Å². The lowest BCUT2D eigenvalue weighted by molar-refractivity contribution is -0.121. The minimum atomic E-state index is -0.386. The second kappa shape index (κ2) is 7.85. The van der Waals surface area contributed by atoms with E-state index in [1.807, 2.05) is 30.3 Å². The summed E-state index contributed by atoms with van der Waals surface area (Å²) in [4.78, 5) is 37.5. The number of aromatic nitrogens is 2. The maximum atomic E-state index is 12.3. The van der Waals surface area contributed by atoms with Crippen LogP contribution in [0.2, 0.25) is 0 Å². The van der Waals surface area contributed by atoms with Gasteiger partial charge in [-0.2, -0.15) is 0 Å². The third-order valence-electron chi connectivity index (χ3n) is 3.62. The number of hydrogen-bond acceptors (Lipinski definition) is 4. The first-order chi connectivity index (χ1) is 12.1. The summed E-state index contributed by atoms with van der Waals surface area (Å²) in [7, 11) is 0. The van der Waals surface area contributed by atoms with Gasteiger partial charge < -0.3 is 5.32 Å². The van der Waals surface area contributed by atoms with Crippen molar-refractivity contribution in [2.24, 2.45) is 0 Å². The van der Waals surface area contributed by atoms with Crippen molar-refractivity contribution >= 4 is 28.4 Å². The Labute approximate surface area is 147 Å². The van der Waals surface area contributed by atoms with Crippen LogP contribution in [-0.2, 0) is 11.3 Å². The molecule has 3 rings (SSSR count). The number of benzene rings is 2. The van der Waals surface area contributed by atoms with Gasteiger partial charge >= 0.3 is 0 Å². The van der Waals surface area contributed by atoms with Crippen LogP contribution in [0.4, 0.5) is 0 Å². The number of hydrogen-bond donors (Lipinski definition) is 2. The smallest absolute Gasteiger partial charge is 0.273 e. The Hall–Kier alpha value is -2.80. The van der Waals surface area contributed by atoms with Crippen molar-refractivity contribution in [3.8, 4) is 0 Å². The van der Waals surface area contributed by atoms with Crippen molar-refractivity contribution < 1.29 is 4.79 Å². The number of fused-ring (bicyclic) bond motifs is 1. The highest BCUT2D eigenvalue weighted by Crippen LogP contribution is 2.15. The molecular formula is C18H17N3O3S. The predicted molar refractivity (Wildman–Crippen MR) is 99.0 cm³/mol. The second-order valence-electron chi connectivity index (χ2n) is 5.39. The van der Waals surface area contributed by atoms with Crippen LogP contribution in [0.25, 0.3) is 10.8 Å². The molecule has 2 aromatic carbocycles. The normalized spacial score (nSPS) is 10.7. The molecule has 0 fully saturated rings. The van der Waals surface area contributed by atoms with E-state index in [0.29, 0.717) is 17.3 Å². The summed E-state index contributed by atoms with van der Waals surface area (Å²) in [6.45, 7) is 0.264. The zero-order valence-corrected chi connectivity index (χ0v) is 14.2. The molecule has 128 valence electrons. The first kappa shape index (κ1) is 17.0. The van der Waals surface area contributed by atoms with Gasteiger partial charge in [0.05, 0.1) is 10.8 Å². The van der Waals surface area contributed by atoms with Crippen LogP contribution < -0.4 is 16.4 Å². The van der Waals surface area contributed by atoms with Gasteiger partial charge in [0.15, 0.2) is 0 Å². The monoisotopic (exact) mass is 355 g/mol. The first-order valence-electron chi connectivity index (χ1n) is 7.81. The van der Waals surface area contributed by atoms with Gasteiger partial charge in [0.2, 0.25) is 5.91 Å². The molecule has 3 aromatic rings. The predicted octanol–water partition coefficient (Wildman–Crippen LogP) is 1.60. The second-order valence-corrected chi connectivity index (χ2v) is 6.56. The summed E-state index contributed by atoms with van der Waals surface area (Å²) in [5.41, 5.74) is -0.772. The van der Waals surface area contributed by atoms with Crippen molar-refractivity contribution in [1.82, 2.24) is 15.1 Å². The fourth-order valence-corrected chi connectivity index (χ4v) is 3.22. The number of H-pyrrole nitrogens is 1. The van der Waals surface area contributed by atoms with E-state index in [9.17, 15) is 14.4 Å². The largest absolute Gasteiger partial charge is 0.354 e. The molecule has 0 spiro atoms. The fourth-order valence-electron chi connectivity index (χ4n) is 2.43. The fraction of sp³-hybridized carbons (Fsp3) is 0.167. The van der Waals surface area contributed by atoms with Gasteiger partial charge in [0, 0.05) is 17.2 Å². The van der Waals surface area contributed by atoms with Gasteiger partial charge in [0.25, 0.3) is 11.1 Å². The quantitative estimate of drug-likeness (QED) is 0.520. The van der Waals surface area contributed by atoms with E-state index < -0.39 is 0 Å². The molecule has 0 radical (unpaired) electrons. The number of thioether (sulfide) groups is 1. The summed E-state index contributed by atoms with van der Waals surface area (Å²) in [5.74, 6) is 0.403. The van der Waals surface area contributed by atoms with Crippen LogP contribution in [0.3, 0.4) is 0 Å². The van der Waals surface area contributed by atoms with E-state index >= 15 is 0 Å². The van der Waals surface area contributed by atoms with E-state index in [0.717, 1.165) is 15.3 Å². The number of nitrogens with one attached hydrogen (secondary N) is 2. The number of nitrogens with zero attached hydrogens (tertiary/aromatic N) is 1. The van der Waals surface area contributed by atoms with Crippen molar-refractivity contribution in [1.29, 1.82) is 0 Å². The molecule has 0 aliphatic heterocycles. The Morgan fingerprint density at radius 1 is 1.00 bits per heavy atom.